The molecule has 3 N–H and O–H groups in total. The molecule has 2 atom stereocenters. The van der Waals surface area contributed by atoms with Gasteiger partial charge in [-0.3, -0.25) is 9.69 Å². The normalized spacial score (nSPS) is 22.3. The number of carbonyl (C=O) groups excluding carboxylic acids is 2. The van der Waals surface area contributed by atoms with Crippen molar-refractivity contribution in [3.05, 3.63) is 12.0 Å². The first kappa shape index (κ1) is 15.5. The molecule has 0 radical (unpaired) electrons. The molecule has 1 aromatic rings. The van der Waals surface area contributed by atoms with Gasteiger partial charge in [0.1, 0.15) is 0 Å². The first-order valence-electron chi connectivity index (χ1n) is 6.89. The molecule has 1 aromatic heterocycles. The molecule has 1 aliphatic rings. The van der Waals surface area contributed by atoms with E-state index in [0.717, 1.165) is 0 Å². The third-order valence-corrected chi connectivity index (χ3v) is 3.47. The molecular formula is C13H21N5O3. The van der Waals surface area contributed by atoms with Gasteiger partial charge in [-0.25, -0.2) is 9.78 Å². The van der Waals surface area contributed by atoms with Gasteiger partial charge in [-0.05, 0) is 20.4 Å². The minimum absolute atomic E-state index is 0.00424. The zero-order valence-electron chi connectivity index (χ0n) is 12.5. The molecule has 1 aliphatic heterocycles. The monoisotopic (exact) mass is 295 g/mol. The van der Waals surface area contributed by atoms with Crippen molar-refractivity contribution in [2.45, 2.75) is 25.4 Å². The smallest absolute Gasteiger partial charge is 0.374 e. The number of ether oxygens (including phenoxy) is 1. The van der Waals surface area contributed by atoms with Gasteiger partial charge in [-0.1, -0.05) is 0 Å². The Kier molecular flexibility index (Phi) is 4.59. The maximum Gasteiger partial charge on any atom is 0.374 e. The summed E-state index contributed by atoms with van der Waals surface area (Å²) in [6.45, 7) is 2.69. The maximum atomic E-state index is 12.2. The molecule has 21 heavy (non-hydrogen) atoms. The number of likely N-dealkylation sites (N-methyl/N-ethyl adjacent to an activating group) is 1. The van der Waals surface area contributed by atoms with Crippen LogP contribution in [0.4, 0.5) is 5.82 Å². The Morgan fingerprint density at radius 2 is 2.24 bits per heavy atom. The van der Waals surface area contributed by atoms with Gasteiger partial charge in [0.05, 0.1) is 12.6 Å². The lowest BCUT2D eigenvalue weighted by atomic mass is 10.1. The van der Waals surface area contributed by atoms with E-state index in [1.54, 1.807) is 20.2 Å². The minimum atomic E-state index is -0.513. The van der Waals surface area contributed by atoms with E-state index >= 15 is 0 Å². The van der Waals surface area contributed by atoms with E-state index < -0.39 is 5.97 Å². The third kappa shape index (κ3) is 3.40. The van der Waals surface area contributed by atoms with Crippen LogP contribution >= 0.6 is 0 Å². The fourth-order valence-electron chi connectivity index (χ4n) is 2.47. The van der Waals surface area contributed by atoms with Crippen LogP contribution in [0, 0.1) is 0 Å². The van der Waals surface area contributed by atoms with Crippen molar-refractivity contribution >= 4 is 17.7 Å². The standard InChI is InChI=1S/C13H21N5O3/c1-4-21-13(20)11-15-10(7-18(11)3)16-12(19)9-5-8(14)6-17(9)2/h7-9H,4-6,14H2,1-3H3,(H,16,19). The summed E-state index contributed by atoms with van der Waals surface area (Å²) in [7, 11) is 3.53. The maximum absolute atomic E-state index is 12.2. The predicted octanol–water partition coefficient (Wildman–Crippen LogP) is -0.433. The van der Waals surface area contributed by atoms with Gasteiger partial charge in [0.25, 0.3) is 0 Å². The molecule has 2 heterocycles. The number of aryl methyl sites for hydroxylation is 1. The van der Waals surface area contributed by atoms with Gasteiger partial charge >= 0.3 is 5.97 Å². The molecule has 1 amide bonds. The number of aromatic nitrogens is 2. The number of likely N-dealkylation sites (tertiary alicyclic amines) is 1. The summed E-state index contributed by atoms with van der Waals surface area (Å²) >= 11 is 0. The topological polar surface area (TPSA) is 102 Å². The first-order chi connectivity index (χ1) is 9.92. The Morgan fingerprint density at radius 3 is 2.81 bits per heavy atom. The Morgan fingerprint density at radius 1 is 1.52 bits per heavy atom. The molecule has 2 unspecified atom stereocenters. The molecule has 0 spiro atoms. The molecule has 0 saturated carbocycles. The van der Waals surface area contributed by atoms with E-state index in [-0.39, 0.29) is 30.4 Å². The summed E-state index contributed by atoms with van der Waals surface area (Å²) in [5.41, 5.74) is 5.85. The van der Waals surface area contributed by atoms with Crippen LogP contribution < -0.4 is 11.1 Å². The van der Waals surface area contributed by atoms with Crippen LogP contribution in [-0.2, 0) is 16.6 Å². The highest BCUT2D eigenvalue weighted by molar-refractivity contribution is 5.95. The number of nitrogens with zero attached hydrogens (tertiary/aromatic N) is 3. The summed E-state index contributed by atoms with van der Waals surface area (Å²) in [6.07, 6.45) is 2.19. The van der Waals surface area contributed by atoms with Crippen LogP contribution in [0.15, 0.2) is 6.20 Å². The van der Waals surface area contributed by atoms with Crippen LogP contribution in [0.3, 0.4) is 0 Å². The van der Waals surface area contributed by atoms with E-state index in [0.29, 0.717) is 18.8 Å². The van der Waals surface area contributed by atoms with Gasteiger partial charge < -0.3 is 20.4 Å². The zero-order valence-corrected chi connectivity index (χ0v) is 12.5. The number of nitrogens with two attached hydrogens (primary N) is 1. The molecule has 2 rings (SSSR count). The largest absolute Gasteiger partial charge is 0.460 e. The van der Waals surface area contributed by atoms with Gasteiger partial charge in [0.15, 0.2) is 5.82 Å². The molecule has 0 bridgehead atoms. The van der Waals surface area contributed by atoms with Crippen molar-refractivity contribution in [2.24, 2.45) is 12.8 Å². The quantitative estimate of drug-likeness (QED) is 0.731. The lowest BCUT2D eigenvalue weighted by Crippen LogP contribution is -2.37. The number of hydrogen-bond acceptors (Lipinski definition) is 6. The minimum Gasteiger partial charge on any atom is -0.460 e. The summed E-state index contributed by atoms with van der Waals surface area (Å²) < 4.78 is 6.42. The highest BCUT2D eigenvalue weighted by Crippen LogP contribution is 2.16. The highest BCUT2D eigenvalue weighted by atomic mass is 16.5. The Balaban J connectivity index is 2.05. The summed E-state index contributed by atoms with van der Waals surface area (Å²) in [6, 6.07) is -0.266. The van der Waals surface area contributed by atoms with Crippen molar-refractivity contribution in [3.63, 3.8) is 0 Å². The molecule has 1 fully saturated rings. The van der Waals surface area contributed by atoms with Crippen molar-refractivity contribution in [1.29, 1.82) is 0 Å². The number of amides is 1. The summed E-state index contributed by atoms with van der Waals surface area (Å²) in [4.78, 5) is 29.9. The predicted molar refractivity (Wildman–Crippen MR) is 76.8 cm³/mol. The SMILES string of the molecule is CCOC(=O)c1nc(NC(=O)C2CC(N)CN2C)cn1C. The van der Waals surface area contributed by atoms with Crippen LogP contribution in [0.2, 0.25) is 0 Å². The van der Waals surface area contributed by atoms with Gasteiger partial charge in [-0.15, -0.1) is 0 Å². The van der Waals surface area contributed by atoms with Gasteiger partial charge in [-0.2, -0.15) is 0 Å². The summed E-state index contributed by atoms with van der Waals surface area (Å²) in [5.74, 6) is -0.192. The van der Waals surface area contributed by atoms with Crippen LogP contribution in [-0.4, -0.2) is 58.6 Å². The number of imidazole rings is 1. The molecule has 116 valence electrons. The molecule has 8 nitrogen and oxygen atoms in total. The van der Waals surface area contributed by atoms with Crippen LogP contribution in [0.1, 0.15) is 24.0 Å². The Labute approximate surface area is 123 Å². The highest BCUT2D eigenvalue weighted by Gasteiger charge is 2.33. The Bertz CT molecular complexity index is 542. The van der Waals surface area contributed by atoms with Crippen LogP contribution in [0.25, 0.3) is 0 Å². The lowest BCUT2D eigenvalue weighted by Gasteiger charge is -2.17. The number of hydrogen-bond donors (Lipinski definition) is 2. The van der Waals surface area contributed by atoms with E-state index in [1.807, 2.05) is 11.9 Å². The zero-order chi connectivity index (χ0) is 15.6. The first-order valence-corrected chi connectivity index (χ1v) is 6.89. The second kappa shape index (κ2) is 6.23. The van der Waals surface area contributed by atoms with E-state index in [9.17, 15) is 9.59 Å². The number of nitrogens with one attached hydrogen (secondary N) is 1. The number of esters is 1. The van der Waals surface area contributed by atoms with E-state index in [4.69, 9.17) is 10.5 Å². The van der Waals surface area contributed by atoms with Gasteiger partial charge in [0.2, 0.25) is 11.7 Å². The number of rotatable bonds is 4. The van der Waals surface area contributed by atoms with Crippen molar-refractivity contribution in [2.75, 3.05) is 25.5 Å². The van der Waals surface area contributed by atoms with E-state index in [2.05, 4.69) is 10.3 Å². The second-order valence-electron chi connectivity index (χ2n) is 5.22. The molecule has 0 aliphatic carbocycles. The van der Waals surface area contributed by atoms with Crippen molar-refractivity contribution in [3.8, 4) is 0 Å². The van der Waals surface area contributed by atoms with Crippen LogP contribution in [0.5, 0.6) is 0 Å². The number of carbonyl (C=O) groups is 2. The fourth-order valence-corrected chi connectivity index (χ4v) is 2.47. The Hall–Kier alpha value is -1.93. The third-order valence-electron chi connectivity index (χ3n) is 3.47. The molecule has 0 aromatic carbocycles. The lowest BCUT2D eigenvalue weighted by molar-refractivity contribution is -0.120. The molecule has 8 heteroatoms. The second-order valence-corrected chi connectivity index (χ2v) is 5.22. The average Bonchev–Trinajstić information content (AvgIpc) is 2.92. The van der Waals surface area contributed by atoms with Crippen molar-refractivity contribution in [1.82, 2.24) is 14.5 Å². The number of anilines is 1. The van der Waals surface area contributed by atoms with Gasteiger partial charge in [0, 0.05) is 25.8 Å². The van der Waals surface area contributed by atoms with E-state index in [1.165, 1.54) is 4.57 Å². The summed E-state index contributed by atoms with van der Waals surface area (Å²) in [5, 5.41) is 2.72. The van der Waals surface area contributed by atoms with Crippen molar-refractivity contribution < 1.29 is 14.3 Å². The molecule has 1 saturated heterocycles. The fraction of sp³-hybridized carbons (Fsp3) is 0.615. The molecular weight excluding hydrogens is 274 g/mol. The average molecular weight is 295 g/mol.